The van der Waals surface area contributed by atoms with E-state index >= 15 is 0 Å². The summed E-state index contributed by atoms with van der Waals surface area (Å²) in [6.45, 7) is 7.98. The van der Waals surface area contributed by atoms with Crippen LogP contribution in [0.15, 0.2) is 52.4 Å². The topological polar surface area (TPSA) is 126 Å². The fourth-order valence-corrected chi connectivity index (χ4v) is 4.08. The molecule has 0 spiro atoms. The van der Waals surface area contributed by atoms with Crippen LogP contribution in [0.5, 0.6) is 5.75 Å². The summed E-state index contributed by atoms with van der Waals surface area (Å²) in [6.07, 6.45) is 0.826. The summed E-state index contributed by atoms with van der Waals surface area (Å²) in [6, 6.07) is 12.5. The number of H-pyrrole nitrogens is 1. The maximum atomic E-state index is 12.9. The Morgan fingerprint density at radius 2 is 1.80 bits per heavy atom. The van der Waals surface area contributed by atoms with E-state index in [4.69, 9.17) is 4.74 Å². The van der Waals surface area contributed by atoms with Gasteiger partial charge in [-0.15, -0.1) is 10.2 Å². The molecule has 1 atom stereocenters. The minimum atomic E-state index is -0.490. The van der Waals surface area contributed by atoms with E-state index in [9.17, 15) is 14.4 Å². The summed E-state index contributed by atoms with van der Waals surface area (Å²) in [7, 11) is 0. The molecule has 10 heteroatoms. The van der Waals surface area contributed by atoms with Crippen molar-refractivity contribution in [1.29, 1.82) is 0 Å². The number of rotatable bonds is 10. The first-order chi connectivity index (χ1) is 16.8. The van der Waals surface area contributed by atoms with Crippen molar-refractivity contribution in [3.05, 3.63) is 58.4 Å². The molecule has 0 saturated heterocycles. The van der Waals surface area contributed by atoms with E-state index in [2.05, 4.69) is 25.8 Å². The van der Waals surface area contributed by atoms with Gasteiger partial charge in [0.1, 0.15) is 5.75 Å². The Hall–Kier alpha value is -3.66. The number of nitrogens with zero attached hydrogens (tertiary/aromatic N) is 2. The summed E-state index contributed by atoms with van der Waals surface area (Å²) in [5, 5.41) is 13.7. The van der Waals surface area contributed by atoms with Gasteiger partial charge in [0.2, 0.25) is 11.8 Å². The van der Waals surface area contributed by atoms with Gasteiger partial charge in [-0.2, -0.15) is 0 Å². The van der Waals surface area contributed by atoms with E-state index in [1.54, 1.807) is 43.3 Å². The van der Waals surface area contributed by atoms with Crippen molar-refractivity contribution in [2.45, 2.75) is 50.9 Å². The lowest BCUT2D eigenvalue weighted by molar-refractivity contribution is -0.116. The summed E-state index contributed by atoms with van der Waals surface area (Å²) in [5.41, 5.74) is 2.17. The zero-order valence-corrected chi connectivity index (χ0v) is 21.0. The Kier molecular flexibility index (Phi) is 9.02. The van der Waals surface area contributed by atoms with E-state index in [1.165, 1.54) is 0 Å². The molecule has 0 saturated carbocycles. The van der Waals surface area contributed by atoms with Gasteiger partial charge in [0.25, 0.3) is 5.56 Å². The van der Waals surface area contributed by atoms with Crippen molar-refractivity contribution in [1.82, 2.24) is 15.2 Å². The van der Waals surface area contributed by atoms with Gasteiger partial charge in [-0.1, -0.05) is 37.2 Å². The van der Waals surface area contributed by atoms with E-state index in [0.29, 0.717) is 36.4 Å². The number of aromatic amines is 1. The van der Waals surface area contributed by atoms with Gasteiger partial charge >= 0.3 is 0 Å². The van der Waals surface area contributed by atoms with Crippen LogP contribution in [0, 0.1) is 6.92 Å². The number of benzene rings is 2. The number of carbonyl (C=O) groups is 2. The van der Waals surface area contributed by atoms with Gasteiger partial charge in [-0.3, -0.25) is 19.4 Å². The Morgan fingerprint density at radius 3 is 2.43 bits per heavy atom. The molecule has 3 aromatic rings. The number of carbonyl (C=O) groups excluding carboxylic acids is 2. The molecule has 1 aromatic heterocycles. The standard InChI is InChI=1S/C25H29N5O4S/c1-5-20(23(32)26-16-9-11-17(12-10-16)34-7-3)35-25-28-24(33)22(29-30-25)18-14-15(4)8-13-19(18)27-21(31)6-2/h8-14,20H,5-7H2,1-4H3,(H,26,32)(H,27,31)(H,28,30,33)/t20-/m0/s1. The summed E-state index contributed by atoms with van der Waals surface area (Å²) in [4.78, 5) is 40.3. The second kappa shape index (κ2) is 12.2. The third-order valence-electron chi connectivity index (χ3n) is 5.05. The van der Waals surface area contributed by atoms with Crippen molar-refractivity contribution in [3.8, 4) is 17.0 Å². The molecule has 35 heavy (non-hydrogen) atoms. The molecule has 184 valence electrons. The van der Waals surface area contributed by atoms with Crippen molar-refractivity contribution in [3.63, 3.8) is 0 Å². The van der Waals surface area contributed by atoms with Crippen molar-refractivity contribution >= 4 is 35.0 Å². The minimum absolute atomic E-state index is 0.0938. The van der Waals surface area contributed by atoms with Crippen LogP contribution in [0.3, 0.4) is 0 Å². The Balaban J connectivity index is 1.76. The summed E-state index contributed by atoms with van der Waals surface area (Å²) >= 11 is 1.13. The zero-order valence-electron chi connectivity index (χ0n) is 20.2. The predicted octanol–water partition coefficient (Wildman–Crippen LogP) is 4.40. The lowest BCUT2D eigenvalue weighted by atomic mass is 10.1. The number of aromatic nitrogens is 3. The highest BCUT2D eigenvalue weighted by atomic mass is 32.2. The van der Waals surface area contributed by atoms with Crippen LogP contribution in [0.2, 0.25) is 0 Å². The number of hydrogen-bond acceptors (Lipinski definition) is 7. The van der Waals surface area contributed by atoms with Crippen LogP contribution in [-0.2, 0) is 9.59 Å². The Morgan fingerprint density at radius 1 is 1.06 bits per heavy atom. The third kappa shape index (κ3) is 6.92. The maximum absolute atomic E-state index is 12.9. The zero-order chi connectivity index (χ0) is 25.4. The summed E-state index contributed by atoms with van der Waals surface area (Å²) < 4.78 is 5.42. The number of thioether (sulfide) groups is 1. The van der Waals surface area contributed by atoms with Crippen molar-refractivity contribution in [2.24, 2.45) is 0 Å². The highest BCUT2D eigenvalue weighted by molar-refractivity contribution is 8.00. The smallest absolute Gasteiger partial charge is 0.278 e. The molecule has 2 amide bonds. The summed E-state index contributed by atoms with van der Waals surface area (Å²) in [5.74, 6) is 0.346. The second-order valence-electron chi connectivity index (χ2n) is 7.72. The van der Waals surface area contributed by atoms with E-state index in [0.717, 1.165) is 23.1 Å². The lowest BCUT2D eigenvalue weighted by Gasteiger charge is -2.14. The molecule has 0 unspecified atom stereocenters. The van der Waals surface area contributed by atoms with E-state index in [1.807, 2.05) is 26.8 Å². The predicted molar refractivity (Wildman–Crippen MR) is 138 cm³/mol. The van der Waals surface area contributed by atoms with Crippen molar-refractivity contribution < 1.29 is 14.3 Å². The Bertz CT molecular complexity index is 1240. The van der Waals surface area contributed by atoms with Gasteiger partial charge < -0.3 is 15.4 Å². The molecule has 0 aliphatic rings. The monoisotopic (exact) mass is 495 g/mol. The van der Waals surface area contributed by atoms with Crippen LogP contribution in [0.4, 0.5) is 11.4 Å². The average Bonchev–Trinajstić information content (AvgIpc) is 2.85. The molecule has 1 heterocycles. The van der Waals surface area contributed by atoms with Gasteiger partial charge in [0.05, 0.1) is 17.5 Å². The van der Waals surface area contributed by atoms with Gasteiger partial charge in [-0.05, 0) is 56.7 Å². The lowest BCUT2D eigenvalue weighted by Crippen LogP contribution is -2.25. The van der Waals surface area contributed by atoms with E-state index in [-0.39, 0.29) is 22.7 Å². The first kappa shape index (κ1) is 26.0. The number of anilines is 2. The van der Waals surface area contributed by atoms with Gasteiger partial charge in [0, 0.05) is 17.7 Å². The molecule has 0 bridgehead atoms. The molecular formula is C25H29N5O4S. The van der Waals surface area contributed by atoms with Crippen LogP contribution >= 0.6 is 11.8 Å². The molecule has 0 aliphatic carbocycles. The number of amides is 2. The molecule has 2 aromatic carbocycles. The number of nitrogens with one attached hydrogen (secondary N) is 3. The normalized spacial score (nSPS) is 11.5. The molecule has 0 aliphatic heterocycles. The fraction of sp³-hybridized carbons (Fsp3) is 0.320. The number of aryl methyl sites for hydroxylation is 1. The highest BCUT2D eigenvalue weighted by Crippen LogP contribution is 2.27. The maximum Gasteiger partial charge on any atom is 0.278 e. The van der Waals surface area contributed by atoms with Gasteiger partial charge in [0.15, 0.2) is 10.9 Å². The average molecular weight is 496 g/mol. The second-order valence-corrected chi connectivity index (χ2v) is 8.91. The molecule has 0 fully saturated rings. The first-order valence-corrected chi connectivity index (χ1v) is 12.3. The minimum Gasteiger partial charge on any atom is -0.494 e. The molecule has 3 N–H and O–H groups in total. The SMILES string of the molecule is CCOc1ccc(NC(=O)[C@H](CC)Sc2nnc(-c3cc(C)ccc3NC(=O)CC)c(=O)[nH]2)cc1. The van der Waals surface area contributed by atoms with Gasteiger partial charge in [-0.25, -0.2) is 0 Å². The first-order valence-electron chi connectivity index (χ1n) is 11.4. The molecule has 3 rings (SSSR count). The van der Waals surface area contributed by atoms with Crippen LogP contribution in [-0.4, -0.2) is 38.9 Å². The largest absolute Gasteiger partial charge is 0.494 e. The van der Waals surface area contributed by atoms with Crippen LogP contribution < -0.4 is 20.9 Å². The number of hydrogen-bond donors (Lipinski definition) is 3. The molecular weight excluding hydrogens is 466 g/mol. The van der Waals surface area contributed by atoms with E-state index < -0.39 is 10.8 Å². The molecule has 0 radical (unpaired) electrons. The van der Waals surface area contributed by atoms with Crippen LogP contribution in [0.25, 0.3) is 11.3 Å². The molecule has 9 nitrogen and oxygen atoms in total. The third-order valence-corrected chi connectivity index (χ3v) is 6.29. The quantitative estimate of drug-likeness (QED) is 0.356. The fourth-order valence-electron chi connectivity index (χ4n) is 3.23. The van der Waals surface area contributed by atoms with Crippen LogP contribution in [0.1, 0.15) is 39.2 Å². The number of ether oxygens (including phenoxy) is 1. The Labute approximate surface area is 208 Å². The highest BCUT2D eigenvalue weighted by Gasteiger charge is 2.21. The van der Waals surface area contributed by atoms with Crippen molar-refractivity contribution in [2.75, 3.05) is 17.2 Å².